The number of nitriles is 1. The predicted molar refractivity (Wildman–Crippen MR) is 87.7 cm³/mol. The van der Waals surface area contributed by atoms with Gasteiger partial charge in [0.15, 0.2) is 5.78 Å². The molecule has 4 rings (SSSR count). The number of carbonyl (C=O) groups is 1. The highest BCUT2D eigenvalue weighted by Gasteiger charge is 2.36. The van der Waals surface area contributed by atoms with Crippen LogP contribution in [0.15, 0.2) is 41.7 Å². The minimum atomic E-state index is -0.484. The number of nitro benzene ring substituents is 1. The van der Waals surface area contributed by atoms with Crippen LogP contribution in [0.3, 0.4) is 0 Å². The molecule has 1 atom stereocenters. The first kappa shape index (κ1) is 15.1. The molecule has 1 aromatic heterocycles. The molecule has 1 aliphatic heterocycles. The Morgan fingerprint density at radius 2 is 2.08 bits per heavy atom. The molecule has 8 heteroatoms. The molecule has 0 fully saturated rings. The Bertz CT molecular complexity index is 965. The van der Waals surface area contributed by atoms with Gasteiger partial charge in [0.2, 0.25) is 0 Å². The van der Waals surface area contributed by atoms with Gasteiger partial charge in [0.05, 0.1) is 11.1 Å². The molecule has 1 aliphatic carbocycles. The molecule has 0 spiro atoms. The standard InChI is InChI=1S/C17H13N5O3/c18-8-11-9-19-21-16(10-4-6-12(7-5-10)22(24)25)15-13(20-17(11)21)2-1-3-14(15)23/h4-7,9,16,20H,1-3H2. The number of ketones is 1. The first-order valence-corrected chi connectivity index (χ1v) is 7.85. The van der Waals surface area contributed by atoms with Gasteiger partial charge in [0, 0.05) is 29.8 Å². The summed E-state index contributed by atoms with van der Waals surface area (Å²) in [7, 11) is 0. The van der Waals surface area contributed by atoms with Crippen molar-refractivity contribution in [3.63, 3.8) is 0 Å². The fourth-order valence-electron chi connectivity index (χ4n) is 3.43. The summed E-state index contributed by atoms with van der Waals surface area (Å²) in [5.41, 5.74) is 2.55. The summed E-state index contributed by atoms with van der Waals surface area (Å²) in [6, 6.07) is 7.72. The van der Waals surface area contributed by atoms with Crippen molar-refractivity contribution >= 4 is 17.3 Å². The fraction of sp³-hybridized carbons (Fsp3) is 0.235. The largest absolute Gasteiger partial charge is 0.342 e. The molecule has 0 amide bonds. The molecule has 2 aromatic rings. The molecule has 1 unspecified atom stereocenters. The second kappa shape index (κ2) is 5.56. The normalized spacial score (nSPS) is 18.8. The van der Waals surface area contributed by atoms with Gasteiger partial charge in [-0.25, -0.2) is 4.68 Å². The Morgan fingerprint density at radius 1 is 1.32 bits per heavy atom. The van der Waals surface area contributed by atoms with E-state index in [0.29, 0.717) is 23.4 Å². The van der Waals surface area contributed by atoms with Gasteiger partial charge in [-0.3, -0.25) is 14.9 Å². The van der Waals surface area contributed by atoms with Gasteiger partial charge in [-0.15, -0.1) is 0 Å². The zero-order valence-corrected chi connectivity index (χ0v) is 13.1. The van der Waals surface area contributed by atoms with Gasteiger partial charge in [0.1, 0.15) is 23.5 Å². The maximum Gasteiger partial charge on any atom is 0.269 e. The van der Waals surface area contributed by atoms with Crippen LogP contribution < -0.4 is 5.32 Å². The van der Waals surface area contributed by atoms with E-state index in [1.54, 1.807) is 16.8 Å². The van der Waals surface area contributed by atoms with Gasteiger partial charge in [0.25, 0.3) is 5.69 Å². The number of nitrogens with one attached hydrogen (secondary N) is 1. The van der Waals surface area contributed by atoms with Gasteiger partial charge in [-0.2, -0.15) is 10.4 Å². The fourth-order valence-corrected chi connectivity index (χ4v) is 3.43. The van der Waals surface area contributed by atoms with Crippen molar-refractivity contribution in [3.8, 4) is 6.07 Å². The van der Waals surface area contributed by atoms with Crippen molar-refractivity contribution < 1.29 is 9.72 Å². The van der Waals surface area contributed by atoms with Crippen LogP contribution in [0.4, 0.5) is 11.5 Å². The number of nitrogens with zero attached hydrogens (tertiary/aromatic N) is 4. The molecule has 124 valence electrons. The maximum absolute atomic E-state index is 12.6. The molecule has 25 heavy (non-hydrogen) atoms. The molecule has 2 aliphatic rings. The number of anilines is 1. The average molecular weight is 335 g/mol. The van der Waals surface area contributed by atoms with E-state index in [1.807, 2.05) is 0 Å². The molecule has 1 N–H and O–H groups in total. The molecule has 0 saturated heterocycles. The van der Waals surface area contributed by atoms with E-state index in [9.17, 15) is 20.2 Å². The molecule has 1 aromatic carbocycles. The monoisotopic (exact) mass is 335 g/mol. The van der Waals surface area contributed by atoms with Gasteiger partial charge >= 0.3 is 0 Å². The number of carbonyl (C=O) groups excluding carboxylic acids is 1. The average Bonchev–Trinajstić information content (AvgIpc) is 3.03. The number of nitro groups is 1. The lowest BCUT2D eigenvalue weighted by Gasteiger charge is -2.33. The van der Waals surface area contributed by atoms with Crippen LogP contribution in [0, 0.1) is 21.4 Å². The first-order valence-electron chi connectivity index (χ1n) is 7.85. The number of non-ortho nitro benzene ring substituents is 1. The Kier molecular flexibility index (Phi) is 3.35. The van der Waals surface area contributed by atoms with E-state index < -0.39 is 11.0 Å². The number of Topliss-reactive ketones (excluding diaryl/α,β-unsaturated/α-hetero) is 1. The van der Waals surface area contributed by atoms with Crippen LogP contribution in [0.5, 0.6) is 0 Å². The molecular formula is C17H13N5O3. The van der Waals surface area contributed by atoms with Crippen molar-refractivity contribution in [2.45, 2.75) is 25.3 Å². The number of aromatic nitrogens is 2. The van der Waals surface area contributed by atoms with E-state index in [2.05, 4.69) is 16.5 Å². The molecule has 0 bridgehead atoms. The van der Waals surface area contributed by atoms with Crippen molar-refractivity contribution in [2.75, 3.05) is 5.32 Å². The number of rotatable bonds is 2. The smallest absolute Gasteiger partial charge is 0.269 e. The van der Waals surface area contributed by atoms with Crippen LogP contribution in [-0.4, -0.2) is 20.5 Å². The van der Waals surface area contributed by atoms with Crippen LogP contribution in [0.25, 0.3) is 0 Å². The summed E-state index contributed by atoms with van der Waals surface area (Å²) in [6.45, 7) is 0. The maximum atomic E-state index is 12.6. The van der Waals surface area contributed by atoms with Gasteiger partial charge in [-0.1, -0.05) is 0 Å². The molecular weight excluding hydrogens is 322 g/mol. The summed E-state index contributed by atoms with van der Waals surface area (Å²) in [6.07, 6.45) is 3.41. The van der Waals surface area contributed by atoms with Gasteiger partial charge < -0.3 is 5.32 Å². The second-order valence-electron chi connectivity index (χ2n) is 6.01. The predicted octanol–water partition coefficient (Wildman–Crippen LogP) is 2.68. The summed E-state index contributed by atoms with van der Waals surface area (Å²) >= 11 is 0. The summed E-state index contributed by atoms with van der Waals surface area (Å²) < 4.78 is 1.61. The number of fused-ring (bicyclic) bond motifs is 1. The van der Waals surface area contributed by atoms with E-state index >= 15 is 0 Å². The number of benzene rings is 1. The van der Waals surface area contributed by atoms with E-state index in [0.717, 1.165) is 24.1 Å². The summed E-state index contributed by atoms with van der Waals surface area (Å²) in [4.78, 5) is 23.0. The molecule has 0 saturated carbocycles. The second-order valence-corrected chi connectivity index (χ2v) is 6.01. The third-order valence-corrected chi connectivity index (χ3v) is 4.58. The topological polar surface area (TPSA) is 114 Å². The molecule has 2 heterocycles. The van der Waals surface area contributed by atoms with Crippen LogP contribution in [-0.2, 0) is 4.79 Å². The lowest BCUT2D eigenvalue weighted by atomic mass is 9.85. The Balaban J connectivity index is 1.89. The highest BCUT2D eigenvalue weighted by Crippen LogP contribution is 2.41. The highest BCUT2D eigenvalue weighted by molar-refractivity contribution is 5.99. The number of hydrogen-bond donors (Lipinski definition) is 1. The van der Waals surface area contributed by atoms with Crippen LogP contribution >= 0.6 is 0 Å². The lowest BCUT2D eigenvalue weighted by molar-refractivity contribution is -0.384. The Hall–Kier alpha value is -3.47. The van der Waals surface area contributed by atoms with Crippen molar-refractivity contribution in [1.29, 1.82) is 5.26 Å². The zero-order chi connectivity index (χ0) is 17.6. The summed E-state index contributed by atoms with van der Waals surface area (Å²) in [5, 5.41) is 27.6. The lowest BCUT2D eigenvalue weighted by Crippen LogP contribution is -2.31. The zero-order valence-electron chi connectivity index (χ0n) is 13.1. The van der Waals surface area contributed by atoms with Crippen molar-refractivity contribution in [3.05, 3.63) is 63.0 Å². The molecule has 8 nitrogen and oxygen atoms in total. The Labute approximate surface area is 142 Å². The quantitative estimate of drug-likeness (QED) is 0.666. The minimum Gasteiger partial charge on any atom is -0.342 e. The third-order valence-electron chi connectivity index (χ3n) is 4.58. The van der Waals surface area contributed by atoms with E-state index in [4.69, 9.17) is 0 Å². The number of allylic oxidation sites excluding steroid dienone is 2. The number of hydrogen-bond acceptors (Lipinski definition) is 6. The van der Waals surface area contributed by atoms with Crippen LogP contribution in [0.2, 0.25) is 0 Å². The minimum absolute atomic E-state index is 0.0136. The Morgan fingerprint density at radius 3 is 2.76 bits per heavy atom. The van der Waals surface area contributed by atoms with Crippen molar-refractivity contribution in [1.82, 2.24) is 9.78 Å². The summed E-state index contributed by atoms with van der Waals surface area (Å²) in [5.74, 6) is 0.594. The van der Waals surface area contributed by atoms with Gasteiger partial charge in [-0.05, 0) is 30.5 Å². The molecule has 0 radical (unpaired) electrons. The third kappa shape index (κ3) is 2.29. The van der Waals surface area contributed by atoms with E-state index in [-0.39, 0.29) is 11.5 Å². The van der Waals surface area contributed by atoms with Crippen LogP contribution in [0.1, 0.15) is 36.4 Å². The highest BCUT2D eigenvalue weighted by atomic mass is 16.6. The van der Waals surface area contributed by atoms with Crippen molar-refractivity contribution in [2.24, 2.45) is 0 Å². The first-order chi connectivity index (χ1) is 12.1. The SMILES string of the molecule is N#Cc1cnn2c1NC1=C(C(=O)CCC1)C2c1ccc([N+](=O)[O-])cc1. The van der Waals surface area contributed by atoms with E-state index in [1.165, 1.54) is 18.3 Å².